The van der Waals surface area contributed by atoms with Gasteiger partial charge >= 0.3 is 6.18 Å². The fourth-order valence-electron chi connectivity index (χ4n) is 4.82. The fourth-order valence-corrected chi connectivity index (χ4v) is 4.82. The van der Waals surface area contributed by atoms with E-state index in [9.17, 15) is 22.8 Å². The SMILES string of the molecule is C[C@@H](Nc1nn(C)c(=O)c2ccc([C@H]3CC[C@H](C(N)=O)CC3)cc12)c1cc(N)cc(C(F)(F)F)c1. The van der Waals surface area contributed by atoms with E-state index in [2.05, 4.69) is 10.4 Å². The highest BCUT2D eigenvalue weighted by atomic mass is 19.4. The van der Waals surface area contributed by atoms with Gasteiger partial charge in [0.2, 0.25) is 5.91 Å². The number of carbonyl (C=O) groups is 1. The van der Waals surface area contributed by atoms with Crippen LogP contribution in [0, 0.1) is 5.92 Å². The number of anilines is 2. The van der Waals surface area contributed by atoms with E-state index in [1.807, 2.05) is 12.1 Å². The summed E-state index contributed by atoms with van der Waals surface area (Å²) in [5.74, 6) is 0.217. The van der Waals surface area contributed by atoms with E-state index >= 15 is 0 Å². The van der Waals surface area contributed by atoms with Crippen LogP contribution in [0.5, 0.6) is 0 Å². The van der Waals surface area contributed by atoms with E-state index in [0.717, 1.165) is 30.5 Å². The molecule has 0 spiro atoms. The van der Waals surface area contributed by atoms with Gasteiger partial charge in [-0.25, -0.2) is 4.68 Å². The van der Waals surface area contributed by atoms with Crippen molar-refractivity contribution in [2.75, 3.05) is 11.1 Å². The second-order valence-corrected chi connectivity index (χ2v) is 9.29. The highest BCUT2D eigenvalue weighted by molar-refractivity contribution is 5.91. The number of halogens is 3. The van der Waals surface area contributed by atoms with Crippen molar-refractivity contribution in [3.63, 3.8) is 0 Å². The Bertz CT molecular complexity index is 1330. The Morgan fingerprint density at radius 3 is 2.43 bits per heavy atom. The highest BCUT2D eigenvalue weighted by Crippen LogP contribution is 2.38. The molecule has 3 aromatic rings. The van der Waals surface area contributed by atoms with Gasteiger partial charge in [0.25, 0.3) is 5.56 Å². The van der Waals surface area contributed by atoms with E-state index in [0.29, 0.717) is 35.0 Å². The zero-order chi connectivity index (χ0) is 25.5. The third kappa shape index (κ3) is 5.11. The number of aryl methyl sites for hydroxylation is 1. The zero-order valence-corrected chi connectivity index (χ0v) is 19.5. The van der Waals surface area contributed by atoms with Crippen LogP contribution in [-0.2, 0) is 18.0 Å². The first-order chi connectivity index (χ1) is 16.4. The minimum absolute atomic E-state index is 0.00982. The van der Waals surface area contributed by atoms with Gasteiger partial charge in [-0.05, 0) is 80.0 Å². The highest BCUT2D eigenvalue weighted by Gasteiger charge is 2.31. The first-order valence-corrected chi connectivity index (χ1v) is 11.5. The maximum atomic E-state index is 13.3. The first kappa shape index (κ1) is 24.6. The molecular weight excluding hydrogens is 459 g/mol. The number of nitrogens with one attached hydrogen (secondary N) is 1. The molecule has 7 nitrogen and oxygen atoms in total. The molecular formula is C25H28F3N5O2. The minimum atomic E-state index is -4.52. The Morgan fingerprint density at radius 2 is 1.80 bits per heavy atom. The quantitative estimate of drug-likeness (QED) is 0.460. The Kier molecular flexibility index (Phi) is 6.48. The molecule has 0 bridgehead atoms. The van der Waals surface area contributed by atoms with Crippen molar-refractivity contribution in [3.05, 3.63) is 63.4 Å². The molecule has 1 saturated carbocycles. The van der Waals surface area contributed by atoms with Gasteiger partial charge in [-0.3, -0.25) is 9.59 Å². The zero-order valence-electron chi connectivity index (χ0n) is 19.5. The lowest BCUT2D eigenvalue weighted by molar-refractivity contribution is -0.137. The summed E-state index contributed by atoms with van der Waals surface area (Å²) in [6.07, 6.45) is -1.48. The second kappa shape index (κ2) is 9.24. The van der Waals surface area contributed by atoms with Crippen molar-refractivity contribution in [2.45, 2.75) is 50.7 Å². The van der Waals surface area contributed by atoms with E-state index in [-0.39, 0.29) is 29.0 Å². The van der Waals surface area contributed by atoms with E-state index in [1.165, 1.54) is 17.8 Å². The average Bonchev–Trinajstić information content (AvgIpc) is 2.81. The number of fused-ring (bicyclic) bond motifs is 1. The van der Waals surface area contributed by atoms with Gasteiger partial charge < -0.3 is 16.8 Å². The number of alkyl halides is 3. The molecule has 2 aromatic carbocycles. The van der Waals surface area contributed by atoms with Crippen LogP contribution in [0.1, 0.15) is 61.3 Å². The Labute approximate surface area is 200 Å². The predicted molar refractivity (Wildman–Crippen MR) is 129 cm³/mol. The summed E-state index contributed by atoms with van der Waals surface area (Å²) in [6.45, 7) is 1.71. The lowest BCUT2D eigenvalue weighted by Gasteiger charge is -2.27. The summed E-state index contributed by atoms with van der Waals surface area (Å²) in [4.78, 5) is 24.2. The van der Waals surface area contributed by atoms with Crippen molar-refractivity contribution in [1.82, 2.24) is 9.78 Å². The molecule has 4 rings (SSSR count). The van der Waals surface area contributed by atoms with Crippen LogP contribution >= 0.6 is 0 Å². The third-order valence-electron chi connectivity index (χ3n) is 6.83. The Balaban J connectivity index is 1.69. The summed E-state index contributed by atoms with van der Waals surface area (Å²) < 4.78 is 41.0. The van der Waals surface area contributed by atoms with E-state index < -0.39 is 17.8 Å². The van der Waals surface area contributed by atoms with Gasteiger partial charge in [-0.15, -0.1) is 0 Å². The summed E-state index contributed by atoms with van der Waals surface area (Å²) >= 11 is 0. The third-order valence-corrected chi connectivity index (χ3v) is 6.83. The molecule has 35 heavy (non-hydrogen) atoms. The van der Waals surface area contributed by atoms with Gasteiger partial charge in [0.05, 0.1) is 17.0 Å². The lowest BCUT2D eigenvalue weighted by atomic mass is 9.78. The molecule has 1 heterocycles. The number of amides is 1. The van der Waals surface area contributed by atoms with Crippen molar-refractivity contribution in [3.8, 4) is 0 Å². The number of aromatic nitrogens is 2. The first-order valence-electron chi connectivity index (χ1n) is 11.5. The van der Waals surface area contributed by atoms with Crippen LogP contribution < -0.4 is 22.3 Å². The number of benzene rings is 2. The Hall–Kier alpha value is -3.56. The standard InChI is InChI=1S/C25H28F3N5O2/c1-13(17-9-18(25(26,27)28)12-19(29)10-17)31-23-21-11-16(7-8-20(21)24(35)33(2)32-23)14-3-5-15(6-4-14)22(30)34/h7-15H,3-6,29H2,1-2H3,(H2,30,34)(H,31,32)/t13-,14-,15-/m1/s1. The molecule has 0 aliphatic heterocycles. The monoisotopic (exact) mass is 487 g/mol. The average molecular weight is 488 g/mol. The van der Waals surface area contributed by atoms with Crippen LogP contribution in [0.3, 0.4) is 0 Å². The van der Waals surface area contributed by atoms with Crippen LogP contribution in [-0.4, -0.2) is 15.7 Å². The molecule has 1 aliphatic carbocycles. The summed E-state index contributed by atoms with van der Waals surface area (Å²) in [5, 5.41) is 8.58. The number of nitrogens with two attached hydrogens (primary N) is 2. The number of nitrogens with zero attached hydrogens (tertiary/aromatic N) is 2. The molecule has 0 saturated heterocycles. The maximum Gasteiger partial charge on any atom is 0.416 e. The molecule has 1 aliphatic rings. The number of carbonyl (C=O) groups excluding carboxylic acids is 1. The second-order valence-electron chi connectivity index (χ2n) is 9.29. The summed E-state index contributed by atoms with van der Waals surface area (Å²) in [5.41, 5.74) is 11.5. The molecule has 186 valence electrons. The fraction of sp³-hybridized carbons (Fsp3) is 0.400. The van der Waals surface area contributed by atoms with Crippen molar-refractivity contribution >= 4 is 28.2 Å². The Morgan fingerprint density at radius 1 is 1.11 bits per heavy atom. The maximum absolute atomic E-state index is 13.3. The van der Waals surface area contributed by atoms with Gasteiger partial charge in [-0.1, -0.05) is 6.07 Å². The van der Waals surface area contributed by atoms with E-state index in [4.69, 9.17) is 11.5 Å². The predicted octanol–water partition coefficient (Wildman–Crippen LogP) is 4.47. The van der Waals surface area contributed by atoms with Gasteiger partial charge in [0.1, 0.15) is 0 Å². The number of nitrogen functional groups attached to an aromatic ring is 1. The lowest BCUT2D eigenvalue weighted by Crippen LogP contribution is -2.27. The molecule has 0 unspecified atom stereocenters. The molecule has 5 N–H and O–H groups in total. The van der Waals surface area contributed by atoms with Crippen molar-refractivity contribution < 1.29 is 18.0 Å². The molecule has 1 fully saturated rings. The summed E-state index contributed by atoms with van der Waals surface area (Å²) in [7, 11) is 1.53. The molecule has 1 aromatic heterocycles. The van der Waals surface area contributed by atoms with Crippen LogP contribution in [0.4, 0.5) is 24.7 Å². The normalized spacial score (nSPS) is 19.5. The minimum Gasteiger partial charge on any atom is -0.399 e. The number of hydrogen-bond donors (Lipinski definition) is 3. The van der Waals surface area contributed by atoms with Gasteiger partial charge in [0, 0.05) is 24.0 Å². The topological polar surface area (TPSA) is 116 Å². The van der Waals surface area contributed by atoms with E-state index in [1.54, 1.807) is 13.0 Å². The van der Waals surface area contributed by atoms with Gasteiger partial charge in [-0.2, -0.15) is 18.3 Å². The van der Waals surface area contributed by atoms with Crippen LogP contribution in [0.2, 0.25) is 0 Å². The molecule has 1 amide bonds. The smallest absolute Gasteiger partial charge is 0.399 e. The number of hydrogen-bond acceptors (Lipinski definition) is 5. The summed E-state index contributed by atoms with van der Waals surface area (Å²) in [6, 6.07) is 8.46. The molecule has 1 atom stereocenters. The van der Waals surface area contributed by atoms with Gasteiger partial charge in [0.15, 0.2) is 5.82 Å². The largest absolute Gasteiger partial charge is 0.416 e. The molecule has 0 radical (unpaired) electrons. The number of rotatable bonds is 5. The number of primary amides is 1. The van der Waals surface area contributed by atoms with Crippen LogP contribution in [0.15, 0.2) is 41.2 Å². The van der Waals surface area contributed by atoms with Crippen molar-refractivity contribution in [1.29, 1.82) is 0 Å². The van der Waals surface area contributed by atoms with Crippen molar-refractivity contribution in [2.24, 2.45) is 18.7 Å². The molecule has 10 heteroatoms. The van der Waals surface area contributed by atoms with Crippen LogP contribution in [0.25, 0.3) is 10.8 Å².